The molecule has 0 bridgehead atoms. The van der Waals surface area contributed by atoms with Crippen LogP contribution in [0.4, 0.5) is 0 Å². The molecule has 0 saturated heterocycles. The van der Waals surface area contributed by atoms with E-state index in [1.807, 2.05) is 73.6 Å². The summed E-state index contributed by atoms with van der Waals surface area (Å²) in [6.45, 7) is 0.340. The normalized spacial score (nSPS) is 12.9. The van der Waals surface area contributed by atoms with Crippen LogP contribution in [0.15, 0.2) is 54.6 Å². The Balaban J connectivity index is 1.89. The van der Waals surface area contributed by atoms with Crippen molar-refractivity contribution in [2.24, 2.45) is 0 Å². The van der Waals surface area contributed by atoms with E-state index >= 15 is 0 Å². The zero-order valence-electron chi connectivity index (χ0n) is 15.7. The molecule has 142 valence electrons. The lowest BCUT2D eigenvalue weighted by atomic mass is 10.1. The molecule has 0 heterocycles. The number of likely N-dealkylation sites (N-methyl/N-ethyl adjacent to an activating group) is 1. The molecular formula is C20H28N2O3S. The maximum Gasteiger partial charge on any atom is 0.211 e. The molecule has 0 radical (unpaired) electrons. The lowest BCUT2D eigenvalue weighted by Gasteiger charge is -2.25. The number of ether oxygens (including phenoxy) is 1. The Kier molecular flexibility index (Phi) is 7.63. The Morgan fingerprint density at radius 2 is 1.69 bits per heavy atom. The number of hydrogen-bond acceptors (Lipinski definition) is 4. The van der Waals surface area contributed by atoms with Crippen LogP contribution >= 0.6 is 0 Å². The van der Waals surface area contributed by atoms with Gasteiger partial charge in [-0.2, -0.15) is 0 Å². The Morgan fingerprint density at radius 3 is 2.27 bits per heavy atom. The lowest BCUT2D eigenvalue weighted by molar-refractivity contribution is 0.299. The lowest BCUT2D eigenvalue weighted by Crippen LogP contribution is -2.35. The number of sulfonamides is 1. The summed E-state index contributed by atoms with van der Waals surface area (Å²) in [6.07, 6.45) is 1.37. The van der Waals surface area contributed by atoms with Crippen molar-refractivity contribution in [3.63, 3.8) is 0 Å². The van der Waals surface area contributed by atoms with Gasteiger partial charge in [-0.3, -0.25) is 0 Å². The average molecular weight is 377 g/mol. The second-order valence-corrected chi connectivity index (χ2v) is 8.44. The minimum Gasteiger partial charge on any atom is -0.497 e. The first kappa shape index (κ1) is 20.4. The van der Waals surface area contributed by atoms with Crippen LogP contribution in [0, 0.1) is 0 Å². The number of benzene rings is 2. The third-order valence-corrected chi connectivity index (χ3v) is 5.77. The van der Waals surface area contributed by atoms with Crippen LogP contribution in [0.2, 0.25) is 0 Å². The van der Waals surface area contributed by atoms with Gasteiger partial charge >= 0.3 is 0 Å². The minimum absolute atomic E-state index is 0.0372. The van der Waals surface area contributed by atoms with E-state index in [2.05, 4.69) is 4.72 Å². The Labute approximate surface area is 157 Å². The van der Waals surface area contributed by atoms with Crippen LogP contribution in [-0.2, 0) is 16.4 Å². The van der Waals surface area contributed by atoms with Gasteiger partial charge in [0.15, 0.2) is 0 Å². The fourth-order valence-electron chi connectivity index (χ4n) is 2.81. The zero-order valence-corrected chi connectivity index (χ0v) is 16.5. The number of nitrogens with one attached hydrogen (secondary N) is 1. The summed E-state index contributed by atoms with van der Waals surface area (Å²) >= 11 is 0. The number of hydrogen-bond donors (Lipinski definition) is 1. The van der Waals surface area contributed by atoms with Crippen LogP contribution in [0.25, 0.3) is 0 Å². The van der Waals surface area contributed by atoms with E-state index in [1.54, 1.807) is 7.11 Å². The zero-order chi connectivity index (χ0) is 19.0. The number of rotatable bonds is 10. The Hall–Kier alpha value is -1.89. The fourth-order valence-corrected chi connectivity index (χ4v) is 3.89. The highest BCUT2D eigenvalue weighted by molar-refractivity contribution is 7.89. The smallest absolute Gasteiger partial charge is 0.211 e. The van der Waals surface area contributed by atoms with Crippen molar-refractivity contribution in [1.82, 2.24) is 9.62 Å². The van der Waals surface area contributed by atoms with E-state index in [4.69, 9.17) is 4.74 Å². The molecule has 26 heavy (non-hydrogen) atoms. The molecule has 2 aromatic rings. The topological polar surface area (TPSA) is 58.6 Å². The molecule has 2 aromatic carbocycles. The maximum absolute atomic E-state index is 12.3. The van der Waals surface area contributed by atoms with Crippen molar-refractivity contribution in [3.05, 3.63) is 65.7 Å². The highest BCUT2D eigenvalue weighted by Crippen LogP contribution is 2.21. The summed E-state index contributed by atoms with van der Waals surface area (Å²) in [7, 11) is 2.21. The average Bonchev–Trinajstić information content (AvgIpc) is 2.63. The molecular weight excluding hydrogens is 348 g/mol. The largest absolute Gasteiger partial charge is 0.497 e. The number of nitrogens with zero attached hydrogens (tertiary/aromatic N) is 1. The summed E-state index contributed by atoms with van der Waals surface area (Å²) in [5.74, 6) is 0.915. The quantitative estimate of drug-likeness (QED) is 0.693. The number of aryl methyl sites for hydroxylation is 1. The van der Waals surface area contributed by atoms with Crippen LogP contribution < -0.4 is 9.46 Å². The van der Waals surface area contributed by atoms with Gasteiger partial charge < -0.3 is 9.64 Å². The van der Waals surface area contributed by atoms with Gasteiger partial charge in [-0.05, 0) is 50.2 Å². The highest BCUT2D eigenvalue weighted by Gasteiger charge is 2.18. The molecule has 0 saturated carbocycles. The van der Waals surface area contributed by atoms with Gasteiger partial charge in [0.25, 0.3) is 0 Å². The molecule has 2 rings (SSSR count). The SMILES string of the molecule is COc1ccc(C(CNS(=O)(=O)CCCc2ccccc2)N(C)C)cc1. The predicted octanol–water partition coefficient (Wildman–Crippen LogP) is 2.85. The van der Waals surface area contributed by atoms with E-state index < -0.39 is 10.0 Å². The van der Waals surface area contributed by atoms with Gasteiger partial charge in [0.1, 0.15) is 5.75 Å². The second kappa shape index (κ2) is 9.71. The molecule has 1 unspecified atom stereocenters. The maximum atomic E-state index is 12.3. The standard InChI is InChI=1S/C20H28N2O3S/c1-22(2)20(18-11-13-19(25-3)14-12-18)16-21-26(23,24)15-7-10-17-8-5-4-6-9-17/h4-6,8-9,11-14,20-21H,7,10,15-16H2,1-3H3. The molecule has 0 fully saturated rings. The molecule has 0 aliphatic rings. The molecule has 6 heteroatoms. The van der Waals surface area contributed by atoms with Crippen LogP contribution in [-0.4, -0.2) is 46.8 Å². The third-order valence-electron chi connectivity index (χ3n) is 4.34. The summed E-state index contributed by atoms with van der Waals surface area (Å²) in [5, 5.41) is 0. The van der Waals surface area contributed by atoms with Crippen molar-refractivity contribution in [2.75, 3.05) is 33.5 Å². The summed E-state index contributed by atoms with van der Waals surface area (Å²) in [4.78, 5) is 2.01. The first-order valence-electron chi connectivity index (χ1n) is 8.73. The van der Waals surface area contributed by atoms with E-state index in [0.717, 1.165) is 23.3 Å². The molecule has 0 aliphatic carbocycles. The van der Waals surface area contributed by atoms with Crippen molar-refractivity contribution >= 4 is 10.0 Å². The highest BCUT2D eigenvalue weighted by atomic mass is 32.2. The fraction of sp³-hybridized carbons (Fsp3) is 0.400. The van der Waals surface area contributed by atoms with Gasteiger partial charge in [0, 0.05) is 12.6 Å². The molecule has 0 spiro atoms. The predicted molar refractivity (Wildman–Crippen MR) is 106 cm³/mol. The van der Waals surface area contributed by atoms with Gasteiger partial charge in [-0.25, -0.2) is 13.1 Å². The van der Waals surface area contributed by atoms with E-state index in [1.165, 1.54) is 0 Å². The third kappa shape index (κ3) is 6.44. The first-order chi connectivity index (χ1) is 12.4. The van der Waals surface area contributed by atoms with E-state index in [-0.39, 0.29) is 11.8 Å². The summed E-state index contributed by atoms with van der Waals surface area (Å²) in [5.41, 5.74) is 2.20. The molecule has 5 nitrogen and oxygen atoms in total. The van der Waals surface area contributed by atoms with Crippen molar-refractivity contribution < 1.29 is 13.2 Å². The van der Waals surface area contributed by atoms with Crippen molar-refractivity contribution in [1.29, 1.82) is 0 Å². The molecule has 1 atom stereocenters. The van der Waals surface area contributed by atoms with Crippen LogP contribution in [0.3, 0.4) is 0 Å². The first-order valence-corrected chi connectivity index (χ1v) is 10.4. The minimum atomic E-state index is -3.30. The Morgan fingerprint density at radius 1 is 1.04 bits per heavy atom. The van der Waals surface area contributed by atoms with Gasteiger partial charge in [-0.1, -0.05) is 42.5 Å². The Bertz CT molecular complexity index is 759. The van der Waals surface area contributed by atoms with Gasteiger partial charge in [0.05, 0.1) is 12.9 Å². The van der Waals surface area contributed by atoms with Crippen molar-refractivity contribution in [3.8, 4) is 5.75 Å². The molecule has 0 aromatic heterocycles. The number of methoxy groups -OCH3 is 1. The second-order valence-electron chi connectivity index (χ2n) is 6.51. The van der Waals surface area contributed by atoms with Gasteiger partial charge in [0.2, 0.25) is 10.0 Å². The van der Waals surface area contributed by atoms with Crippen molar-refractivity contribution in [2.45, 2.75) is 18.9 Å². The van der Waals surface area contributed by atoms with Crippen LogP contribution in [0.1, 0.15) is 23.6 Å². The van der Waals surface area contributed by atoms with Crippen LogP contribution in [0.5, 0.6) is 5.75 Å². The molecule has 1 N–H and O–H groups in total. The monoisotopic (exact) mass is 376 g/mol. The molecule has 0 amide bonds. The van der Waals surface area contributed by atoms with Gasteiger partial charge in [-0.15, -0.1) is 0 Å². The van der Waals surface area contributed by atoms with E-state index in [9.17, 15) is 8.42 Å². The summed E-state index contributed by atoms with van der Waals surface area (Å²) in [6, 6.07) is 17.6. The van der Waals surface area contributed by atoms with E-state index in [0.29, 0.717) is 13.0 Å². The summed E-state index contributed by atoms with van der Waals surface area (Å²) < 4.78 is 32.6. The molecule has 0 aliphatic heterocycles.